The van der Waals surface area contributed by atoms with Crippen molar-refractivity contribution in [2.45, 2.75) is 38.0 Å². The van der Waals surface area contributed by atoms with Gasteiger partial charge in [-0.3, -0.25) is 4.98 Å². The average molecular weight is 238 g/mol. The second-order valence-corrected chi connectivity index (χ2v) is 5.33. The van der Waals surface area contributed by atoms with Crippen LogP contribution in [0.1, 0.15) is 38.4 Å². The van der Waals surface area contributed by atoms with E-state index in [2.05, 4.69) is 42.5 Å². The van der Waals surface area contributed by atoms with Gasteiger partial charge in [0.2, 0.25) is 0 Å². The van der Waals surface area contributed by atoms with Crippen molar-refractivity contribution in [2.75, 3.05) is 12.8 Å². The van der Waals surface area contributed by atoms with Gasteiger partial charge in [-0.15, -0.1) is 0 Å². The summed E-state index contributed by atoms with van der Waals surface area (Å²) in [5.41, 5.74) is 1.16. The Morgan fingerprint density at radius 3 is 2.81 bits per heavy atom. The second-order valence-electron chi connectivity index (χ2n) is 4.05. The van der Waals surface area contributed by atoms with Crippen molar-refractivity contribution in [1.82, 2.24) is 10.3 Å². The molecule has 1 heterocycles. The largest absolute Gasteiger partial charge is 0.308 e. The summed E-state index contributed by atoms with van der Waals surface area (Å²) in [5.74, 6) is 0. The van der Waals surface area contributed by atoms with Crippen molar-refractivity contribution in [1.29, 1.82) is 0 Å². The van der Waals surface area contributed by atoms with Crippen LogP contribution >= 0.6 is 11.8 Å². The zero-order chi connectivity index (χ0) is 11.8. The van der Waals surface area contributed by atoms with E-state index in [0.29, 0.717) is 11.3 Å². The minimum absolute atomic E-state index is 0.404. The molecule has 2 nitrogen and oxygen atoms in total. The first-order valence-corrected chi connectivity index (χ1v) is 7.23. The molecular weight excluding hydrogens is 216 g/mol. The highest BCUT2D eigenvalue weighted by molar-refractivity contribution is 7.99. The number of rotatable bonds is 7. The molecule has 0 amide bonds. The molecule has 16 heavy (non-hydrogen) atoms. The molecule has 0 radical (unpaired) electrons. The molecule has 0 saturated carbocycles. The highest BCUT2D eigenvalue weighted by Crippen LogP contribution is 2.16. The number of nitrogens with zero attached hydrogens (tertiary/aromatic N) is 1. The van der Waals surface area contributed by atoms with Gasteiger partial charge in [-0.2, -0.15) is 11.8 Å². The van der Waals surface area contributed by atoms with Gasteiger partial charge in [0, 0.05) is 24.0 Å². The molecule has 2 atom stereocenters. The molecule has 1 rings (SSSR count). The monoisotopic (exact) mass is 238 g/mol. The molecule has 0 aliphatic carbocycles. The standard InChI is InChI=1S/C13H22N2S/c1-4-7-12(15-10-11(2)16-3)13-8-5-6-9-14-13/h5-6,8-9,11-12,15H,4,7,10H2,1-3H3. The van der Waals surface area contributed by atoms with E-state index >= 15 is 0 Å². The SMILES string of the molecule is CCCC(NCC(C)SC)c1ccccn1. The van der Waals surface area contributed by atoms with Crippen LogP contribution in [0.5, 0.6) is 0 Å². The van der Waals surface area contributed by atoms with Crippen LogP contribution in [0.25, 0.3) is 0 Å². The molecule has 3 heteroatoms. The summed E-state index contributed by atoms with van der Waals surface area (Å²) in [6, 6.07) is 6.54. The van der Waals surface area contributed by atoms with Crippen LogP contribution in [-0.2, 0) is 0 Å². The molecule has 1 aromatic heterocycles. The van der Waals surface area contributed by atoms with Crippen molar-refractivity contribution in [3.8, 4) is 0 Å². The third kappa shape index (κ3) is 4.54. The predicted molar refractivity (Wildman–Crippen MR) is 72.9 cm³/mol. The van der Waals surface area contributed by atoms with Crippen molar-refractivity contribution in [2.24, 2.45) is 0 Å². The van der Waals surface area contributed by atoms with Crippen LogP contribution in [0.15, 0.2) is 24.4 Å². The van der Waals surface area contributed by atoms with E-state index in [-0.39, 0.29) is 0 Å². The summed E-state index contributed by atoms with van der Waals surface area (Å²) in [5, 5.41) is 4.26. The van der Waals surface area contributed by atoms with E-state index in [9.17, 15) is 0 Å². The van der Waals surface area contributed by atoms with E-state index in [1.165, 1.54) is 6.42 Å². The Balaban J connectivity index is 2.54. The fraction of sp³-hybridized carbons (Fsp3) is 0.615. The molecule has 1 N–H and O–H groups in total. The Morgan fingerprint density at radius 2 is 2.25 bits per heavy atom. The van der Waals surface area contributed by atoms with Gasteiger partial charge < -0.3 is 5.32 Å². The molecule has 0 saturated heterocycles. The van der Waals surface area contributed by atoms with Crippen LogP contribution in [0.3, 0.4) is 0 Å². The van der Waals surface area contributed by atoms with E-state index in [1.54, 1.807) is 0 Å². The maximum absolute atomic E-state index is 4.43. The smallest absolute Gasteiger partial charge is 0.0573 e. The van der Waals surface area contributed by atoms with Gasteiger partial charge in [-0.05, 0) is 24.8 Å². The Morgan fingerprint density at radius 1 is 1.44 bits per heavy atom. The average Bonchev–Trinajstić information content (AvgIpc) is 2.35. The Bertz CT molecular complexity index is 277. The summed E-state index contributed by atoms with van der Waals surface area (Å²) in [6.45, 7) is 5.51. The molecule has 1 aromatic rings. The number of aromatic nitrogens is 1. The van der Waals surface area contributed by atoms with Gasteiger partial charge in [0.05, 0.1) is 5.69 Å². The first-order valence-electron chi connectivity index (χ1n) is 5.95. The van der Waals surface area contributed by atoms with Crippen molar-refractivity contribution in [3.63, 3.8) is 0 Å². The third-order valence-corrected chi connectivity index (χ3v) is 3.65. The molecule has 90 valence electrons. The van der Waals surface area contributed by atoms with E-state index in [0.717, 1.165) is 18.7 Å². The molecule has 0 aromatic carbocycles. The Hall–Kier alpha value is -0.540. The van der Waals surface area contributed by atoms with E-state index in [4.69, 9.17) is 0 Å². The highest BCUT2D eigenvalue weighted by Gasteiger charge is 2.11. The van der Waals surface area contributed by atoms with Crippen LogP contribution < -0.4 is 5.32 Å². The molecule has 0 bridgehead atoms. The summed E-state index contributed by atoms with van der Waals surface area (Å²) in [4.78, 5) is 4.43. The number of hydrogen-bond acceptors (Lipinski definition) is 3. The van der Waals surface area contributed by atoms with Crippen LogP contribution in [0.4, 0.5) is 0 Å². The summed E-state index contributed by atoms with van der Waals surface area (Å²) < 4.78 is 0. The minimum Gasteiger partial charge on any atom is -0.308 e. The Kier molecular flexibility index (Phi) is 6.50. The predicted octanol–water partition coefficient (Wildman–Crippen LogP) is 3.26. The molecule has 0 aliphatic rings. The second kappa shape index (κ2) is 7.69. The lowest BCUT2D eigenvalue weighted by Crippen LogP contribution is -2.28. The Labute approximate surface area is 103 Å². The number of pyridine rings is 1. The first kappa shape index (κ1) is 13.5. The number of thioether (sulfide) groups is 1. The lowest BCUT2D eigenvalue weighted by molar-refractivity contribution is 0.487. The van der Waals surface area contributed by atoms with Gasteiger partial charge in [0.15, 0.2) is 0 Å². The fourth-order valence-electron chi connectivity index (χ4n) is 1.62. The lowest BCUT2D eigenvalue weighted by Gasteiger charge is -2.19. The zero-order valence-corrected chi connectivity index (χ0v) is 11.3. The normalized spacial score (nSPS) is 14.7. The molecule has 0 fully saturated rings. The number of hydrogen-bond donors (Lipinski definition) is 1. The van der Waals surface area contributed by atoms with Crippen molar-refractivity contribution in [3.05, 3.63) is 30.1 Å². The van der Waals surface area contributed by atoms with Crippen molar-refractivity contribution < 1.29 is 0 Å². The summed E-state index contributed by atoms with van der Waals surface area (Å²) in [7, 11) is 0. The van der Waals surface area contributed by atoms with Crippen LogP contribution in [0.2, 0.25) is 0 Å². The van der Waals surface area contributed by atoms with Gasteiger partial charge in [0.25, 0.3) is 0 Å². The minimum atomic E-state index is 0.404. The maximum Gasteiger partial charge on any atom is 0.0573 e. The zero-order valence-electron chi connectivity index (χ0n) is 10.4. The van der Waals surface area contributed by atoms with E-state index < -0.39 is 0 Å². The lowest BCUT2D eigenvalue weighted by atomic mass is 10.1. The molecule has 2 unspecified atom stereocenters. The van der Waals surface area contributed by atoms with Gasteiger partial charge in [-0.25, -0.2) is 0 Å². The summed E-state index contributed by atoms with van der Waals surface area (Å²) >= 11 is 1.90. The quantitative estimate of drug-likeness (QED) is 0.789. The molecule has 0 aliphatic heterocycles. The summed E-state index contributed by atoms with van der Waals surface area (Å²) in [6.07, 6.45) is 6.36. The fourth-order valence-corrected chi connectivity index (χ4v) is 1.88. The van der Waals surface area contributed by atoms with Gasteiger partial charge >= 0.3 is 0 Å². The third-order valence-electron chi connectivity index (χ3n) is 2.68. The van der Waals surface area contributed by atoms with Gasteiger partial charge in [-0.1, -0.05) is 26.3 Å². The van der Waals surface area contributed by atoms with E-state index in [1.807, 2.05) is 24.0 Å². The van der Waals surface area contributed by atoms with Crippen molar-refractivity contribution >= 4 is 11.8 Å². The van der Waals surface area contributed by atoms with Gasteiger partial charge in [0.1, 0.15) is 0 Å². The van der Waals surface area contributed by atoms with Crippen LogP contribution in [0, 0.1) is 0 Å². The first-order chi connectivity index (χ1) is 7.77. The molecule has 0 spiro atoms. The molecular formula is C13H22N2S. The number of nitrogens with one attached hydrogen (secondary N) is 1. The highest BCUT2D eigenvalue weighted by atomic mass is 32.2. The maximum atomic E-state index is 4.43. The topological polar surface area (TPSA) is 24.9 Å². The van der Waals surface area contributed by atoms with Crippen LogP contribution in [-0.4, -0.2) is 23.0 Å².